The third kappa shape index (κ3) is 7.77. The van der Waals surface area contributed by atoms with Gasteiger partial charge in [-0.2, -0.15) is 0 Å². The molecule has 2 atom stereocenters. The van der Waals surface area contributed by atoms with Crippen LogP contribution in [0.5, 0.6) is 0 Å². The van der Waals surface area contributed by atoms with Gasteiger partial charge in [-0.25, -0.2) is 0 Å². The summed E-state index contributed by atoms with van der Waals surface area (Å²) in [4.78, 5) is 0. The van der Waals surface area contributed by atoms with Gasteiger partial charge in [-0.3, -0.25) is 0 Å². The quantitative estimate of drug-likeness (QED) is 0.585. The van der Waals surface area contributed by atoms with Crippen LogP contribution in [0.3, 0.4) is 0 Å². The van der Waals surface area contributed by atoms with Crippen molar-refractivity contribution < 1.29 is 9.84 Å². The van der Waals surface area contributed by atoms with E-state index in [1.54, 1.807) is 0 Å². The molecule has 0 amide bonds. The average molecular weight is 242 g/mol. The van der Waals surface area contributed by atoms with Crippen molar-refractivity contribution in [1.29, 1.82) is 0 Å². The molecule has 1 N–H and O–H groups in total. The standard InChI is InChI=1S/C15H30O2/c1-2-3-4-5-6-7-8-10-14(16)13-15-11-9-12-17-15/h14-16H,2-13H2,1H3. The first kappa shape index (κ1) is 15.0. The van der Waals surface area contributed by atoms with E-state index >= 15 is 0 Å². The minimum absolute atomic E-state index is 0.131. The van der Waals surface area contributed by atoms with Gasteiger partial charge < -0.3 is 9.84 Å². The summed E-state index contributed by atoms with van der Waals surface area (Å²) in [5.74, 6) is 0. The average Bonchev–Trinajstić information content (AvgIpc) is 2.80. The molecule has 2 unspecified atom stereocenters. The number of rotatable bonds is 10. The van der Waals surface area contributed by atoms with Gasteiger partial charge in [0.15, 0.2) is 0 Å². The van der Waals surface area contributed by atoms with Crippen LogP contribution in [-0.2, 0) is 4.74 Å². The van der Waals surface area contributed by atoms with Crippen molar-refractivity contribution in [3.05, 3.63) is 0 Å². The third-order valence-corrected chi connectivity index (χ3v) is 3.70. The van der Waals surface area contributed by atoms with E-state index < -0.39 is 0 Å². The minimum atomic E-state index is -0.131. The van der Waals surface area contributed by atoms with Gasteiger partial charge in [0.25, 0.3) is 0 Å². The second-order valence-corrected chi connectivity index (χ2v) is 5.43. The first-order valence-electron chi connectivity index (χ1n) is 7.62. The lowest BCUT2D eigenvalue weighted by Gasteiger charge is -2.14. The second kappa shape index (κ2) is 9.90. The third-order valence-electron chi connectivity index (χ3n) is 3.70. The van der Waals surface area contributed by atoms with E-state index in [9.17, 15) is 5.11 Å². The fraction of sp³-hybridized carbons (Fsp3) is 1.00. The smallest absolute Gasteiger partial charge is 0.0600 e. The molecule has 1 fully saturated rings. The number of aliphatic hydroxyl groups is 1. The summed E-state index contributed by atoms with van der Waals surface area (Å²) < 4.78 is 5.54. The van der Waals surface area contributed by atoms with E-state index in [-0.39, 0.29) is 6.10 Å². The zero-order valence-electron chi connectivity index (χ0n) is 11.5. The fourth-order valence-electron chi connectivity index (χ4n) is 2.59. The van der Waals surface area contributed by atoms with Gasteiger partial charge in [-0.05, 0) is 25.7 Å². The van der Waals surface area contributed by atoms with Crippen LogP contribution in [-0.4, -0.2) is 23.9 Å². The Kier molecular flexibility index (Phi) is 8.72. The maximum Gasteiger partial charge on any atom is 0.0600 e. The van der Waals surface area contributed by atoms with Crippen LogP contribution in [0.15, 0.2) is 0 Å². The van der Waals surface area contributed by atoms with Crippen LogP contribution in [0.1, 0.15) is 77.6 Å². The highest BCUT2D eigenvalue weighted by molar-refractivity contribution is 4.69. The molecule has 0 spiro atoms. The van der Waals surface area contributed by atoms with E-state index in [2.05, 4.69) is 6.92 Å². The molecular formula is C15H30O2. The highest BCUT2D eigenvalue weighted by Gasteiger charge is 2.18. The zero-order valence-corrected chi connectivity index (χ0v) is 11.5. The van der Waals surface area contributed by atoms with Gasteiger partial charge in [-0.1, -0.05) is 51.9 Å². The summed E-state index contributed by atoms with van der Waals surface area (Å²) in [6.07, 6.45) is 13.6. The Bertz CT molecular complexity index is 164. The van der Waals surface area contributed by atoms with E-state index in [4.69, 9.17) is 4.74 Å². The summed E-state index contributed by atoms with van der Waals surface area (Å²) in [7, 11) is 0. The maximum absolute atomic E-state index is 9.87. The van der Waals surface area contributed by atoms with E-state index in [0.29, 0.717) is 6.10 Å². The maximum atomic E-state index is 9.87. The molecule has 1 aliphatic rings. The van der Waals surface area contributed by atoms with Crippen molar-refractivity contribution in [2.75, 3.05) is 6.61 Å². The van der Waals surface area contributed by atoms with Crippen LogP contribution >= 0.6 is 0 Å². The van der Waals surface area contributed by atoms with Crippen molar-refractivity contribution in [3.63, 3.8) is 0 Å². The largest absolute Gasteiger partial charge is 0.393 e. The Labute approximate surface area is 107 Å². The molecule has 1 aliphatic heterocycles. The van der Waals surface area contributed by atoms with E-state index in [0.717, 1.165) is 25.9 Å². The topological polar surface area (TPSA) is 29.5 Å². The lowest BCUT2D eigenvalue weighted by atomic mass is 10.0. The number of aliphatic hydroxyl groups excluding tert-OH is 1. The highest BCUT2D eigenvalue weighted by atomic mass is 16.5. The Morgan fingerprint density at radius 2 is 1.82 bits per heavy atom. The van der Waals surface area contributed by atoms with Gasteiger partial charge in [0.05, 0.1) is 12.2 Å². The Morgan fingerprint density at radius 3 is 2.47 bits per heavy atom. The lowest BCUT2D eigenvalue weighted by molar-refractivity contribution is 0.0496. The van der Waals surface area contributed by atoms with Crippen LogP contribution in [0.4, 0.5) is 0 Å². The lowest BCUT2D eigenvalue weighted by Crippen LogP contribution is -2.16. The molecule has 17 heavy (non-hydrogen) atoms. The predicted octanol–water partition coefficient (Wildman–Crippen LogP) is 4.06. The van der Waals surface area contributed by atoms with Gasteiger partial charge >= 0.3 is 0 Å². The molecule has 1 saturated heterocycles. The first-order chi connectivity index (χ1) is 8.33. The molecule has 0 aromatic rings. The molecule has 0 aromatic heterocycles. The highest BCUT2D eigenvalue weighted by Crippen LogP contribution is 2.19. The van der Waals surface area contributed by atoms with Crippen LogP contribution < -0.4 is 0 Å². The number of unbranched alkanes of at least 4 members (excludes halogenated alkanes) is 6. The summed E-state index contributed by atoms with van der Waals surface area (Å²) in [5.41, 5.74) is 0. The van der Waals surface area contributed by atoms with Gasteiger partial charge in [0.1, 0.15) is 0 Å². The molecular weight excluding hydrogens is 212 g/mol. The molecule has 0 aliphatic carbocycles. The minimum Gasteiger partial charge on any atom is -0.393 e. The Morgan fingerprint density at radius 1 is 1.12 bits per heavy atom. The Hall–Kier alpha value is -0.0800. The first-order valence-corrected chi connectivity index (χ1v) is 7.62. The van der Waals surface area contributed by atoms with Crippen molar-refractivity contribution in [2.24, 2.45) is 0 Å². The van der Waals surface area contributed by atoms with Crippen molar-refractivity contribution in [2.45, 2.75) is 89.8 Å². The second-order valence-electron chi connectivity index (χ2n) is 5.43. The van der Waals surface area contributed by atoms with Crippen LogP contribution in [0.25, 0.3) is 0 Å². The van der Waals surface area contributed by atoms with E-state index in [1.165, 1.54) is 51.4 Å². The van der Waals surface area contributed by atoms with Crippen molar-refractivity contribution in [1.82, 2.24) is 0 Å². The Balaban J connectivity index is 1.84. The van der Waals surface area contributed by atoms with Gasteiger partial charge in [-0.15, -0.1) is 0 Å². The van der Waals surface area contributed by atoms with Crippen LogP contribution in [0, 0.1) is 0 Å². The van der Waals surface area contributed by atoms with Crippen molar-refractivity contribution >= 4 is 0 Å². The normalized spacial score (nSPS) is 21.9. The number of ether oxygens (including phenoxy) is 1. The summed E-state index contributed by atoms with van der Waals surface area (Å²) >= 11 is 0. The van der Waals surface area contributed by atoms with E-state index in [1.807, 2.05) is 0 Å². The molecule has 0 radical (unpaired) electrons. The predicted molar refractivity (Wildman–Crippen MR) is 72.2 cm³/mol. The molecule has 0 saturated carbocycles. The molecule has 2 heteroatoms. The van der Waals surface area contributed by atoms with Gasteiger partial charge in [0, 0.05) is 6.61 Å². The molecule has 0 aromatic carbocycles. The summed E-state index contributed by atoms with van der Waals surface area (Å²) in [6.45, 7) is 3.15. The molecule has 102 valence electrons. The number of hydrogen-bond donors (Lipinski definition) is 1. The molecule has 0 bridgehead atoms. The fourth-order valence-corrected chi connectivity index (χ4v) is 2.59. The molecule has 1 rings (SSSR count). The molecule has 1 heterocycles. The monoisotopic (exact) mass is 242 g/mol. The van der Waals surface area contributed by atoms with Crippen LogP contribution in [0.2, 0.25) is 0 Å². The number of hydrogen-bond acceptors (Lipinski definition) is 2. The molecule has 2 nitrogen and oxygen atoms in total. The van der Waals surface area contributed by atoms with Gasteiger partial charge in [0.2, 0.25) is 0 Å². The summed E-state index contributed by atoms with van der Waals surface area (Å²) in [6, 6.07) is 0. The summed E-state index contributed by atoms with van der Waals surface area (Å²) in [5, 5.41) is 9.87. The van der Waals surface area contributed by atoms with Crippen molar-refractivity contribution in [3.8, 4) is 0 Å². The SMILES string of the molecule is CCCCCCCCCC(O)CC1CCCO1. The zero-order chi connectivity index (χ0) is 12.3.